The Morgan fingerprint density at radius 3 is 2.61 bits per heavy atom. The van der Waals surface area contributed by atoms with Crippen molar-refractivity contribution in [3.63, 3.8) is 0 Å². The van der Waals surface area contributed by atoms with Gasteiger partial charge in [0.25, 0.3) is 0 Å². The molecule has 0 amide bonds. The van der Waals surface area contributed by atoms with Gasteiger partial charge in [-0.05, 0) is 25.8 Å². The number of aliphatic hydroxyl groups is 1. The van der Waals surface area contributed by atoms with E-state index in [0.29, 0.717) is 6.61 Å². The molecule has 1 aliphatic carbocycles. The third kappa shape index (κ3) is 3.24. The topological polar surface area (TPSA) is 55.5 Å². The summed E-state index contributed by atoms with van der Waals surface area (Å²) < 4.78 is 5.81. The van der Waals surface area contributed by atoms with Crippen LogP contribution in [0.4, 0.5) is 0 Å². The summed E-state index contributed by atoms with van der Waals surface area (Å²) >= 11 is 0. The van der Waals surface area contributed by atoms with Gasteiger partial charge in [-0.3, -0.25) is 0 Å². The van der Waals surface area contributed by atoms with Gasteiger partial charge in [0.05, 0.1) is 5.60 Å². The van der Waals surface area contributed by atoms with Gasteiger partial charge in [-0.2, -0.15) is 0 Å². The van der Waals surface area contributed by atoms with Crippen LogP contribution in [0, 0.1) is 0 Å². The lowest BCUT2D eigenvalue weighted by atomic mass is 9.85. The van der Waals surface area contributed by atoms with E-state index in [2.05, 4.69) is 0 Å². The van der Waals surface area contributed by atoms with Gasteiger partial charge in [0.1, 0.15) is 12.4 Å². The van der Waals surface area contributed by atoms with Crippen LogP contribution >= 0.6 is 0 Å². The Balaban J connectivity index is 2.01. The Morgan fingerprint density at radius 1 is 1.28 bits per heavy atom. The van der Waals surface area contributed by atoms with Gasteiger partial charge in [0.15, 0.2) is 0 Å². The van der Waals surface area contributed by atoms with Gasteiger partial charge < -0.3 is 15.6 Å². The van der Waals surface area contributed by atoms with Gasteiger partial charge in [-0.15, -0.1) is 0 Å². The van der Waals surface area contributed by atoms with E-state index in [1.807, 2.05) is 31.2 Å². The minimum absolute atomic E-state index is 0.0535. The maximum Gasteiger partial charge on any atom is 0.124 e. The van der Waals surface area contributed by atoms with Crippen molar-refractivity contribution in [3.05, 3.63) is 29.8 Å². The van der Waals surface area contributed by atoms with Crippen molar-refractivity contribution in [2.24, 2.45) is 5.73 Å². The van der Waals surface area contributed by atoms with E-state index in [-0.39, 0.29) is 6.04 Å². The zero-order chi connectivity index (χ0) is 13.0. The average molecular weight is 249 g/mol. The highest BCUT2D eigenvalue weighted by molar-refractivity contribution is 5.35. The Morgan fingerprint density at radius 2 is 1.94 bits per heavy atom. The van der Waals surface area contributed by atoms with E-state index in [1.165, 1.54) is 6.42 Å². The summed E-state index contributed by atoms with van der Waals surface area (Å²) in [5.41, 5.74) is 6.26. The second-order valence-corrected chi connectivity index (χ2v) is 5.40. The Kier molecular flexibility index (Phi) is 4.25. The van der Waals surface area contributed by atoms with Crippen molar-refractivity contribution in [1.29, 1.82) is 0 Å². The predicted octanol–water partition coefficient (Wildman–Crippen LogP) is 2.78. The summed E-state index contributed by atoms with van der Waals surface area (Å²) in [6.45, 7) is 2.31. The predicted molar refractivity (Wildman–Crippen MR) is 72.6 cm³/mol. The lowest BCUT2D eigenvalue weighted by molar-refractivity contribution is -0.0341. The molecule has 0 radical (unpaired) electrons. The first kappa shape index (κ1) is 13.4. The molecule has 3 heteroatoms. The van der Waals surface area contributed by atoms with Crippen LogP contribution in [0.2, 0.25) is 0 Å². The Labute approximate surface area is 109 Å². The van der Waals surface area contributed by atoms with Crippen molar-refractivity contribution in [3.8, 4) is 5.75 Å². The summed E-state index contributed by atoms with van der Waals surface area (Å²) in [7, 11) is 0. The smallest absolute Gasteiger partial charge is 0.124 e. The SMILES string of the molecule is C[C@H](N)c1ccccc1OCC1(O)CCCCC1. The molecule has 1 aromatic rings. The molecule has 3 N–H and O–H groups in total. The normalized spacial score (nSPS) is 20.4. The minimum Gasteiger partial charge on any atom is -0.490 e. The standard InChI is InChI=1S/C15H23NO2/c1-12(16)13-7-3-4-8-14(13)18-11-15(17)9-5-2-6-10-15/h3-4,7-8,12,17H,2,5-6,9-11,16H2,1H3/t12-/m0/s1. The fraction of sp³-hybridized carbons (Fsp3) is 0.600. The van der Waals surface area contributed by atoms with Crippen LogP contribution in [0.5, 0.6) is 5.75 Å². The highest BCUT2D eigenvalue weighted by atomic mass is 16.5. The zero-order valence-electron chi connectivity index (χ0n) is 11.1. The number of ether oxygens (including phenoxy) is 1. The molecule has 2 rings (SSSR count). The van der Waals surface area contributed by atoms with Crippen LogP contribution in [0.15, 0.2) is 24.3 Å². The molecule has 0 heterocycles. The number of para-hydroxylation sites is 1. The van der Waals surface area contributed by atoms with E-state index in [0.717, 1.165) is 37.0 Å². The summed E-state index contributed by atoms with van der Waals surface area (Å²) in [5, 5.41) is 10.4. The number of benzene rings is 1. The third-order valence-electron chi connectivity index (χ3n) is 3.69. The first-order chi connectivity index (χ1) is 8.61. The molecule has 0 bridgehead atoms. The number of hydrogen-bond acceptors (Lipinski definition) is 3. The first-order valence-electron chi connectivity index (χ1n) is 6.80. The van der Waals surface area contributed by atoms with Gasteiger partial charge in [0, 0.05) is 11.6 Å². The molecule has 0 saturated heterocycles. The van der Waals surface area contributed by atoms with E-state index < -0.39 is 5.60 Å². The lowest BCUT2D eigenvalue weighted by Crippen LogP contribution is -2.38. The Bertz CT molecular complexity index is 384. The fourth-order valence-corrected chi connectivity index (χ4v) is 2.55. The van der Waals surface area contributed by atoms with Crippen LogP contribution in [0.25, 0.3) is 0 Å². The monoisotopic (exact) mass is 249 g/mol. The minimum atomic E-state index is -0.650. The van der Waals surface area contributed by atoms with Crippen molar-refractivity contribution in [1.82, 2.24) is 0 Å². The lowest BCUT2D eigenvalue weighted by Gasteiger charge is -2.32. The van der Waals surface area contributed by atoms with Crippen molar-refractivity contribution >= 4 is 0 Å². The highest BCUT2D eigenvalue weighted by Gasteiger charge is 2.30. The summed E-state index contributed by atoms with van der Waals surface area (Å²) in [5.74, 6) is 0.798. The van der Waals surface area contributed by atoms with Crippen molar-refractivity contribution in [2.45, 2.75) is 50.7 Å². The van der Waals surface area contributed by atoms with Crippen molar-refractivity contribution in [2.75, 3.05) is 6.61 Å². The molecule has 1 fully saturated rings. The van der Waals surface area contributed by atoms with Crippen LogP contribution < -0.4 is 10.5 Å². The maximum atomic E-state index is 10.4. The molecule has 0 spiro atoms. The average Bonchev–Trinajstić information content (AvgIpc) is 2.38. The molecule has 0 aliphatic heterocycles. The Hall–Kier alpha value is -1.06. The second kappa shape index (κ2) is 5.72. The second-order valence-electron chi connectivity index (χ2n) is 5.40. The van der Waals surface area contributed by atoms with Gasteiger partial charge in [0.2, 0.25) is 0 Å². The third-order valence-corrected chi connectivity index (χ3v) is 3.69. The van der Waals surface area contributed by atoms with Crippen LogP contribution in [0.1, 0.15) is 50.6 Å². The molecule has 3 nitrogen and oxygen atoms in total. The number of hydrogen-bond donors (Lipinski definition) is 2. The molecular weight excluding hydrogens is 226 g/mol. The van der Waals surface area contributed by atoms with Gasteiger partial charge >= 0.3 is 0 Å². The molecule has 1 aliphatic rings. The molecule has 1 atom stereocenters. The van der Waals surface area contributed by atoms with E-state index in [4.69, 9.17) is 10.5 Å². The molecule has 100 valence electrons. The number of rotatable bonds is 4. The first-order valence-corrected chi connectivity index (χ1v) is 6.80. The van der Waals surface area contributed by atoms with Gasteiger partial charge in [-0.1, -0.05) is 37.5 Å². The molecule has 0 aromatic heterocycles. The summed E-state index contributed by atoms with van der Waals surface area (Å²) in [6.07, 6.45) is 5.09. The van der Waals surface area contributed by atoms with Gasteiger partial charge in [-0.25, -0.2) is 0 Å². The fourth-order valence-electron chi connectivity index (χ4n) is 2.55. The maximum absolute atomic E-state index is 10.4. The summed E-state index contributed by atoms with van der Waals surface area (Å²) in [6, 6.07) is 7.74. The molecule has 1 aromatic carbocycles. The summed E-state index contributed by atoms with van der Waals surface area (Å²) in [4.78, 5) is 0. The van der Waals surface area contributed by atoms with Crippen LogP contribution in [-0.4, -0.2) is 17.3 Å². The van der Waals surface area contributed by atoms with E-state index >= 15 is 0 Å². The number of nitrogens with two attached hydrogens (primary N) is 1. The van der Waals surface area contributed by atoms with E-state index in [9.17, 15) is 5.11 Å². The van der Waals surface area contributed by atoms with Crippen LogP contribution in [0.3, 0.4) is 0 Å². The van der Waals surface area contributed by atoms with E-state index in [1.54, 1.807) is 0 Å². The molecule has 18 heavy (non-hydrogen) atoms. The zero-order valence-corrected chi connectivity index (χ0v) is 11.1. The molecule has 1 saturated carbocycles. The highest BCUT2D eigenvalue weighted by Crippen LogP contribution is 2.30. The largest absolute Gasteiger partial charge is 0.490 e. The molecule has 0 unspecified atom stereocenters. The van der Waals surface area contributed by atoms with Crippen LogP contribution in [-0.2, 0) is 0 Å². The van der Waals surface area contributed by atoms with Crippen molar-refractivity contribution < 1.29 is 9.84 Å². The molecular formula is C15H23NO2. The quantitative estimate of drug-likeness (QED) is 0.862.